The summed E-state index contributed by atoms with van der Waals surface area (Å²) < 4.78 is 5.08. The van der Waals surface area contributed by atoms with Crippen molar-refractivity contribution in [3.63, 3.8) is 0 Å². The molecule has 2 aromatic rings. The zero-order chi connectivity index (χ0) is 23.4. The van der Waals surface area contributed by atoms with Gasteiger partial charge in [-0.2, -0.15) is 0 Å². The van der Waals surface area contributed by atoms with Crippen LogP contribution in [0.2, 0.25) is 0 Å². The number of thioether (sulfide) groups is 1. The van der Waals surface area contributed by atoms with Crippen LogP contribution in [0.15, 0.2) is 52.4 Å². The van der Waals surface area contributed by atoms with E-state index in [0.717, 1.165) is 18.7 Å². The van der Waals surface area contributed by atoms with E-state index in [1.165, 1.54) is 35.9 Å². The molecule has 0 atom stereocenters. The molecule has 7 heteroatoms. The number of aryl methyl sites for hydroxylation is 1. The number of carbonyl (C=O) groups excluding carboxylic acids is 2. The van der Waals surface area contributed by atoms with Crippen molar-refractivity contribution >= 4 is 46.3 Å². The van der Waals surface area contributed by atoms with E-state index in [0.29, 0.717) is 34.5 Å². The largest absolute Gasteiger partial charge is 0.462 e. The predicted molar refractivity (Wildman–Crippen MR) is 135 cm³/mol. The first-order chi connectivity index (χ1) is 16.0. The fourth-order valence-corrected chi connectivity index (χ4v) is 5.19. The Labute approximate surface area is 199 Å². The monoisotopic (exact) mass is 463 g/mol. The number of nitrogens with zero attached hydrogens (tertiary/aromatic N) is 3. The summed E-state index contributed by atoms with van der Waals surface area (Å²) in [7, 11) is 0. The first kappa shape index (κ1) is 23.1. The van der Waals surface area contributed by atoms with Gasteiger partial charge in [0.1, 0.15) is 0 Å². The van der Waals surface area contributed by atoms with E-state index < -0.39 is 0 Å². The molecule has 0 unspecified atom stereocenters. The maximum Gasteiger partial charge on any atom is 0.338 e. The molecule has 2 aliphatic rings. The highest BCUT2D eigenvalue weighted by atomic mass is 32.2. The molecule has 33 heavy (non-hydrogen) atoms. The molecule has 0 aliphatic carbocycles. The normalized spacial score (nSPS) is 18.6. The topological polar surface area (TPSA) is 62.2 Å². The number of amidine groups is 1. The number of hydrogen-bond donors (Lipinski definition) is 0. The molecule has 0 N–H and O–H groups in total. The lowest BCUT2D eigenvalue weighted by atomic mass is 10.1. The number of aliphatic imine (C=N–C) groups is 1. The lowest BCUT2D eigenvalue weighted by molar-refractivity contribution is -0.122. The zero-order valence-corrected chi connectivity index (χ0v) is 20.2. The molecule has 172 valence electrons. The van der Waals surface area contributed by atoms with Gasteiger partial charge in [-0.05, 0) is 92.9 Å². The van der Waals surface area contributed by atoms with E-state index >= 15 is 0 Å². The molecule has 0 saturated carbocycles. The minimum atomic E-state index is -0.379. The van der Waals surface area contributed by atoms with Crippen molar-refractivity contribution < 1.29 is 14.3 Å². The Morgan fingerprint density at radius 2 is 1.94 bits per heavy atom. The Kier molecular flexibility index (Phi) is 7.18. The van der Waals surface area contributed by atoms with Crippen LogP contribution in [0.4, 0.5) is 11.4 Å². The van der Waals surface area contributed by atoms with Crippen LogP contribution in [0.25, 0.3) is 6.08 Å². The number of ether oxygens (including phenoxy) is 1. The van der Waals surface area contributed by atoms with E-state index in [1.807, 2.05) is 19.1 Å². The second kappa shape index (κ2) is 10.3. The molecular formula is C26H29N3O3S. The Bertz CT molecular complexity index is 1120. The van der Waals surface area contributed by atoms with Crippen molar-refractivity contribution in [3.8, 4) is 0 Å². The maximum absolute atomic E-state index is 13.0. The second-order valence-electron chi connectivity index (χ2n) is 8.07. The first-order valence-electron chi connectivity index (χ1n) is 11.4. The molecule has 0 bridgehead atoms. The Hall–Kier alpha value is -3.06. The first-order valence-corrected chi connectivity index (χ1v) is 12.2. The van der Waals surface area contributed by atoms with E-state index in [2.05, 4.69) is 35.0 Å². The molecule has 2 heterocycles. The number of carbonyl (C=O) groups is 2. The average molecular weight is 464 g/mol. The third-order valence-electron chi connectivity index (χ3n) is 5.75. The van der Waals surface area contributed by atoms with Gasteiger partial charge in [0.15, 0.2) is 5.17 Å². The van der Waals surface area contributed by atoms with Crippen LogP contribution >= 0.6 is 11.8 Å². The molecule has 1 amide bonds. The fourth-order valence-electron chi connectivity index (χ4n) is 4.13. The summed E-state index contributed by atoms with van der Waals surface area (Å²) in [4.78, 5) is 34.5. The predicted octanol–water partition coefficient (Wildman–Crippen LogP) is 5.40. The number of anilines is 1. The van der Waals surface area contributed by atoms with Crippen molar-refractivity contribution in [2.75, 3.05) is 31.1 Å². The van der Waals surface area contributed by atoms with Gasteiger partial charge in [0.25, 0.3) is 5.91 Å². The van der Waals surface area contributed by atoms with Crippen LogP contribution < -0.4 is 4.90 Å². The summed E-state index contributed by atoms with van der Waals surface area (Å²) in [5.74, 6) is -0.431. The maximum atomic E-state index is 13.0. The molecule has 2 saturated heterocycles. The van der Waals surface area contributed by atoms with Crippen molar-refractivity contribution in [1.29, 1.82) is 0 Å². The van der Waals surface area contributed by atoms with Gasteiger partial charge in [0, 0.05) is 25.3 Å². The quantitative estimate of drug-likeness (QED) is 0.424. The summed E-state index contributed by atoms with van der Waals surface area (Å²) in [6.45, 7) is 8.89. The van der Waals surface area contributed by atoms with Gasteiger partial charge in [0.05, 0.1) is 22.8 Å². The summed E-state index contributed by atoms with van der Waals surface area (Å²) in [6.07, 6.45) is 4.43. The minimum absolute atomic E-state index is 0.0518. The number of esters is 1. The average Bonchev–Trinajstić information content (AvgIpc) is 3.43. The van der Waals surface area contributed by atoms with E-state index in [4.69, 9.17) is 4.74 Å². The third-order valence-corrected chi connectivity index (χ3v) is 6.76. The second-order valence-corrected chi connectivity index (χ2v) is 9.07. The standard InChI is InChI=1S/C26H29N3O3S/c1-4-29-24(30)23(16-19-11-12-22(18(3)15-19)28-13-6-7-14-28)33-26(29)27-21-10-8-9-20(17-21)25(31)32-5-2/h8-12,15-17H,4-7,13-14H2,1-3H3. The number of likely N-dealkylation sites (N-methyl/N-ethyl adjacent to an activating group) is 1. The number of benzene rings is 2. The Morgan fingerprint density at radius 1 is 1.15 bits per heavy atom. The summed E-state index contributed by atoms with van der Waals surface area (Å²) in [6, 6.07) is 13.3. The Morgan fingerprint density at radius 3 is 2.64 bits per heavy atom. The van der Waals surface area contributed by atoms with Gasteiger partial charge in [-0.1, -0.05) is 12.1 Å². The van der Waals surface area contributed by atoms with Crippen molar-refractivity contribution in [1.82, 2.24) is 4.90 Å². The zero-order valence-electron chi connectivity index (χ0n) is 19.3. The van der Waals surface area contributed by atoms with E-state index in [1.54, 1.807) is 30.0 Å². The lowest BCUT2D eigenvalue weighted by Crippen LogP contribution is -2.28. The molecule has 0 radical (unpaired) electrons. The molecule has 0 spiro atoms. The van der Waals surface area contributed by atoms with Crippen LogP contribution in [0.1, 0.15) is 48.2 Å². The fraction of sp³-hybridized carbons (Fsp3) is 0.346. The smallest absolute Gasteiger partial charge is 0.338 e. The molecule has 2 aliphatic heterocycles. The van der Waals surface area contributed by atoms with Gasteiger partial charge in [-0.3, -0.25) is 9.69 Å². The van der Waals surface area contributed by atoms with Crippen LogP contribution in [-0.2, 0) is 9.53 Å². The molecule has 6 nitrogen and oxygen atoms in total. The SMILES string of the molecule is CCOC(=O)c1cccc(N=C2SC(=Cc3ccc(N4CCCC4)c(C)c3)C(=O)N2CC)c1. The highest BCUT2D eigenvalue weighted by Crippen LogP contribution is 2.35. The highest BCUT2D eigenvalue weighted by Gasteiger charge is 2.32. The van der Waals surface area contributed by atoms with Gasteiger partial charge < -0.3 is 9.64 Å². The van der Waals surface area contributed by atoms with Gasteiger partial charge in [-0.25, -0.2) is 9.79 Å². The molecule has 0 aromatic heterocycles. The van der Waals surface area contributed by atoms with Gasteiger partial charge >= 0.3 is 5.97 Å². The Balaban J connectivity index is 1.58. The highest BCUT2D eigenvalue weighted by molar-refractivity contribution is 8.18. The van der Waals surface area contributed by atoms with E-state index in [9.17, 15) is 9.59 Å². The number of rotatable bonds is 6. The van der Waals surface area contributed by atoms with Crippen LogP contribution in [0, 0.1) is 6.92 Å². The summed E-state index contributed by atoms with van der Waals surface area (Å²) in [5.41, 5.74) is 4.56. The van der Waals surface area contributed by atoms with Gasteiger partial charge in [-0.15, -0.1) is 0 Å². The van der Waals surface area contributed by atoms with Crippen LogP contribution in [-0.4, -0.2) is 48.2 Å². The van der Waals surface area contributed by atoms with Crippen molar-refractivity contribution in [2.45, 2.75) is 33.6 Å². The number of amides is 1. The number of hydrogen-bond acceptors (Lipinski definition) is 6. The summed E-state index contributed by atoms with van der Waals surface area (Å²) >= 11 is 1.36. The van der Waals surface area contributed by atoms with Crippen LogP contribution in [0.3, 0.4) is 0 Å². The lowest BCUT2D eigenvalue weighted by Gasteiger charge is -2.20. The van der Waals surface area contributed by atoms with Crippen molar-refractivity contribution in [3.05, 3.63) is 64.1 Å². The molecular weight excluding hydrogens is 434 g/mol. The third kappa shape index (κ3) is 5.14. The molecule has 4 rings (SSSR count). The summed E-state index contributed by atoms with van der Waals surface area (Å²) in [5, 5.41) is 0.611. The van der Waals surface area contributed by atoms with E-state index in [-0.39, 0.29) is 11.9 Å². The van der Waals surface area contributed by atoms with Crippen molar-refractivity contribution in [2.24, 2.45) is 4.99 Å². The minimum Gasteiger partial charge on any atom is -0.462 e. The molecule has 2 fully saturated rings. The van der Waals surface area contributed by atoms with Gasteiger partial charge in [0.2, 0.25) is 0 Å². The molecule has 2 aromatic carbocycles. The van der Waals surface area contributed by atoms with Crippen LogP contribution in [0.5, 0.6) is 0 Å².